The molecule has 0 spiro atoms. The molecule has 0 saturated carbocycles. The summed E-state index contributed by atoms with van der Waals surface area (Å²) in [5, 5.41) is 2.62. The summed E-state index contributed by atoms with van der Waals surface area (Å²) < 4.78 is 18.2. The number of ether oxygens (including phenoxy) is 1. The zero-order chi connectivity index (χ0) is 13.5. The van der Waals surface area contributed by atoms with Crippen molar-refractivity contribution in [2.75, 3.05) is 44.5 Å². The molecular weight excluding hydrogens is 241 g/mol. The number of hydrogen-bond acceptors (Lipinski definition) is 6. The molecule has 1 rings (SSSR count). The molecule has 1 heterocycles. The minimum Gasteiger partial charge on any atom is -0.383 e. The van der Waals surface area contributed by atoms with Crippen LogP contribution in [0.3, 0.4) is 0 Å². The molecule has 0 atom stereocenters. The van der Waals surface area contributed by atoms with Crippen molar-refractivity contribution in [1.29, 1.82) is 0 Å². The Hall–Kier alpha value is -1.96. The lowest BCUT2D eigenvalue weighted by atomic mass is 10.4. The first-order valence-electron chi connectivity index (χ1n) is 5.29. The summed E-state index contributed by atoms with van der Waals surface area (Å²) in [5.74, 6) is -0.940. The topological polar surface area (TPSA) is 93.4 Å². The van der Waals surface area contributed by atoms with E-state index in [1.807, 2.05) is 0 Å². The largest absolute Gasteiger partial charge is 0.383 e. The Balaban J connectivity index is 2.56. The molecule has 1 amide bonds. The lowest BCUT2D eigenvalue weighted by molar-refractivity contribution is -0.119. The lowest BCUT2D eigenvalue weighted by Crippen LogP contribution is -2.37. The smallest absolute Gasteiger partial charge is 0.239 e. The number of methoxy groups -OCH3 is 1. The number of anilines is 2. The zero-order valence-corrected chi connectivity index (χ0v) is 10.3. The normalized spacial score (nSPS) is 10.2. The summed E-state index contributed by atoms with van der Waals surface area (Å²) in [6.07, 6.45) is 0.969. The third kappa shape index (κ3) is 4.13. The molecule has 7 nitrogen and oxygen atoms in total. The number of aromatic nitrogens is 2. The monoisotopic (exact) mass is 257 g/mol. The molecule has 18 heavy (non-hydrogen) atoms. The fraction of sp³-hybridized carbons (Fsp3) is 0.500. The number of nitrogen functional groups attached to an aromatic ring is 1. The number of carbonyl (C=O) groups excluding carboxylic acids is 1. The summed E-state index contributed by atoms with van der Waals surface area (Å²) in [6.45, 7) is 0.791. The maximum absolute atomic E-state index is 13.4. The summed E-state index contributed by atoms with van der Waals surface area (Å²) in [6, 6.07) is 0. The second kappa shape index (κ2) is 6.70. The first-order valence-corrected chi connectivity index (χ1v) is 5.29. The van der Waals surface area contributed by atoms with E-state index in [1.54, 1.807) is 7.05 Å². The van der Waals surface area contributed by atoms with Crippen molar-refractivity contribution in [2.45, 2.75) is 0 Å². The lowest BCUT2D eigenvalue weighted by Gasteiger charge is -2.18. The molecule has 0 aliphatic rings. The van der Waals surface area contributed by atoms with Gasteiger partial charge in [0.15, 0.2) is 11.6 Å². The summed E-state index contributed by atoms with van der Waals surface area (Å²) in [5.41, 5.74) is 5.36. The van der Waals surface area contributed by atoms with E-state index >= 15 is 0 Å². The van der Waals surface area contributed by atoms with Crippen LogP contribution in [0, 0.1) is 5.82 Å². The number of rotatable bonds is 6. The number of carbonyl (C=O) groups is 1. The van der Waals surface area contributed by atoms with Gasteiger partial charge in [0.05, 0.1) is 19.3 Å². The fourth-order valence-corrected chi connectivity index (χ4v) is 1.28. The van der Waals surface area contributed by atoms with Gasteiger partial charge in [-0.25, -0.2) is 9.37 Å². The van der Waals surface area contributed by atoms with Crippen molar-refractivity contribution >= 4 is 17.7 Å². The molecule has 0 unspecified atom stereocenters. The number of amides is 1. The van der Waals surface area contributed by atoms with Gasteiger partial charge in [-0.2, -0.15) is 4.98 Å². The van der Waals surface area contributed by atoms with Gasteiger partial charge in [0.1, 0.15) is 0 Å². The molecule has 0 bridgehead atoms. The Morgan fingerprint density at radius 1 is 1.67 bits per heavy atom. The highest BCUT2D eigenvalue weighted by molar-refractivity contribution is 5.80. The minimum atomic E-state index is -0.628. The molecule has 0 radical (unpaired) electrons. The Kier molecular flexibility index (Phi) is 5.25. The highest BCUT2D eigenvalue weighted by Gasteiger charge is 2.13. The van der Waals surface area contributed by atoms with Gasteiger partial charge in [0.2, 0.25) is 11.9 Å². The van der Waals surface area contributed by atoms with Gasteiger partial charge in [-0.15, -0.1) is 0 Å². The maximum Gasteiger partial charge on any atom is 0.239 e. The molecule has 0 saturated heterocycles. The first kappa shape index (κ1) is 14.1. The molecule has 0 fully saturated rings. The molecule has 0 aromatic carbocycles. The third-order valence-electron chi connectivity index (χ3n) is 2.11. The predicted octanol–water partition coefficient (Wildman–Crippen LogP) is -0.603. The minimum absolute atomic E-state index is 0.00982. The molecule has 1 aromatic heterocycles. The van der Waals surface area contributed by atoms with Gasteiger partial charge in [0, 0.05) is 20.7 Å². The highest BCUT2D eigenvalue weighted by Crippen LogP contribution is 2.13. The van der Waals surface area contributed by atoms with Crippen molar-refractivity contribution in [2.24, 2.45) is 0 Å². The zero-order valence-electron chi connectivity index (χ0n) is 10.3. The van der Waals surface area contributed by atoms with Crippen LogP contribution < -0.4 is 16.0 Å². The number of nitrogens with zero attached hydrogens (tertiary/aromatic N) is 3. The summed E-state index contributed by atoms with van der Waals surface area (Å²) in [4.78, 5) is 20.1. The van der Waals surface area contributed by atoms with E-state index in [4.69, 9.17) is 10.5 Å². The Morgan fingerprint density at radius 3 is 3.06 bits per heavy atom. The van der Waals surface area contributed by atoms with Crippen LogP contribution in [0.1, 0.15) is 0 Å². The number of nitrogens with one attached hydrogen (secondary N) is 1. The molecule has 0 aliphatic heterocycles. The van der Waals surface area contributed by atoms with Crippen LogP contribution in [0.25, 0.3) is 0 Å². The van der Waals surface area contributed by atoms with E-state index in [9.17, 15) is 9.18 Å². The second-order valence-corrected chi connectivity index (χ2v) is 3.60. The number of nitrogens with two attached hydrogens (primary N) is 1. The maximum atomic E-state index is 13.4. The van der Waals surface area contributed by atoms with Crippen molar-refractivity contribution in [3.8, 4) is 0 Å². The SMILES string of the molecule is COCCNC(=O)CN(C)c1nc(N)ncc1F. The standard InChI is InChI=1S/C10H16FN5O2/c1-16(6-8(17)13-3-4-18-2)9-7(11)5-14-10(12)15-9/h5H,3-4,6H2,1-2H3,(H,13,17)(H2,12,14,15). The molecule has 1 aromatic rings. The van der Waals surface area contributed by atoms with Crippen LogP contribution in [-0.4, -0.2) is 49.7 Å². The van der Waals surface area contributed by atoms with Crippen molar-refractivity contribution < 1.29 is 13.9 Å². The number of hydrogen-bond donors (Lipinski definition) is 2. The van der Waals surface area contributed by atoms with Gasteiger partial charge in [-0.3, -0.25) is 4.79 Å². The molecule has 100 valence electrons. The Labute approximate surface area is 104 Å². The molecule has 8 heteroatoms. The number of likely N-dealkylation sites (N-methyl/N-ethyl adjacent to an activating group) is 1. The van der Waals surface area contributed by atoms with Crippen LogP contribution in [0.4, 0.5) is 16.2 Å². The molecule has 3 N–H and O–H groups in total. The van der Waals surface area contributed by atoms with Crippen molar-refractivity contribution in [3.05, 3.63) is 12.0 Å². The average molecular weight is 257 g/mol. The van der Waals surface area contributed by atoms with Gasteiger partial charge >= 0.3 is 0 Å². The van der Waals surface area contributed by atoms with E-state index in [2.05, 4.69) is 15.3 Å². The average Bonchev–Trinajstić information content (AvgIpc) is 2.32. The van der Waals surface area contributed by atoms with Crippen molar-refractivity contribution in [1.82, 2.24) is 15.3 Å². The van der Waals surface area contributed by atoms with E-state index in [1.165, 1.54) is 12.0 Å². The van der Waals surface area contributed by atoms with E-state index in [-0.39, 0.29) is 24.2 Å². The van der Waals surface area contributed by atoms with Crippen LogP contribution >= 0.6 is 0 Å². The van der Waals surface area contributed by atoms with Gasteiger partial charge in [-0.1, -0.05) is 0 Å². The number of halogens is 1. The fourth-order valence-electron chi connectivity index (χ4n) is 1.28. The van der Waals surface area contributed by atoms with Gasteiger partial charge in [-0.05, 0) is 0 Å². The Morgan fingerprint density at radius 2 is 2.39 bits per heavy atom. The third-order valence-corrected chi connectivity index (χ3v) is 2.11. The van der Waals surface area contributed by atoms with Crippen LogP contribution in [0.15, 0.2) is 6.20 Å². The Bertz CT molecular complexity index is 415. The quantitative estimate of drug-likeness (QED) is 0.661. The first-order chi connectivity index (χ1) is 8.54. The second-order valence-electron chi connectivity index (χ2n) is 3.60. The van der Waals surface area contributed by atoms with Crippen LogP contribution in [-0.2, 0) is 9.53 Å². The summed E-state index contributed by atoms with van der Waals surface area (Å²) in [7, 11) is 3.08. The molecule has 0 aliphatic carbocycles. The molecular formula is C10H16FN5O2. The van der Waals surface area contributed by atoms with Gasteiger partial charge in [0.25, 0.3) is 0 Å². The van der Waals surface area contributed by atoms with E-state index in [0.29, 0.717) is 13.2 Å². The highest BCUT2D eigenvalue weighted by atomic mass is 19.1. The predicted molar refractivity (Wildman–Crippen MR) is 64.6 cm³/mol. The van der Waals surface area contributed by atoms with E-state index < -0.39 is 5.82 Å². The van der Waals surface area contributed by atoms with Crippen LogP contribution in [0.2, 0.25) is 0 Å². The van der Waals surface area contributed by atoms with Crippen LogP contribution in [0.5, 0.6) is 0 Å². The summed E-state index contributed by atoms with van der Waals surface area (Å²) >= 11 is 0. The van der Waals surface area contributed by atoms with Crippen molar-refractivity contribution in [3.63, 3.8) is 0 Å². The van der Waals surface area contributed by atoms with E-state index in [0.717, 1.165) is 6.20 Å². The van der Waals surface area contributed by atoms with Gasteiger partial charge < -0.3 is 20.7 Å².